The first-order chi connectivity index (χ1) is 10.5. The molecular formula is C19H26N2O. The molecule has 1 aliphatic carbocycles. The van der Waals surface area contributed by atoms with Crippen molar-refractivity contribution in [3.05, 3.63) is 35.4 Å². The molecule has 2 saturated heterocycles. The molecule has 1 aromatic rings. The van der Waals surface area contributed by atoms with Gasteiger partial charge in [0.1, 0.15) is 11.4 Å². The Balaban J connectivity index is 1.77. The predicted molar refractivity (Wildman–Crippen MR) is 90.3 cm³/mol. The number of rotatable bonds is 2. The Morgan fingerprint density at radius 1 is 1.27 bits per heavy atom. The lowest BCUT2D eigenvalue weighted by Gasteiger charge is -2.36. The molecule has 0 spiro atoms. The van der Waals surface area contributed by atoms with E-state index >= 15 is 0 Å². The smallest absolute Gasteiger partial charge is 0.124 e. The van der Waals surface area contributed by atoms with Crippen LogP contribution in [0.4, 0.5) is 0 Å². The first-order valence-corrected chi connectivity index (χ1v) is 8.45. The molecule has 3 unspecified atom stereocenters. The minimum Gasteiger partial charge on any atom is -0.488 e. The Morgan fingerprint density at radius 2 is 2.14 bits per heavy atom. The topological polar surface area (TPSA) is 33.3 Å². The molecule has 2 heterocycles. The van der Waals surface area contributed by atoms with E-state index in [1.54, 1.807) is 0 Å². The molecule has 0 bridgehead atoms. The zero-order chi connectivity index (χ0) is 15.4. The quantitative estimate of drug-likeness (QED) is 0.881. The summed E-state index contributed by atoms with van der Waals surface area (Å²) in [7, 11) is 0. The molecule has 4 rings (SSSR count). The van der Waals surface area contributed by atoms with Gasteiger partial charge in [0.25, 0.3) is 0 Å². The van der Waals surface area contributed by atoms with Crippen LogP contribution < -0.4 is 15.4 Å². The van der Waals surface area contributed by atoms with Gasteiger partial charge in [0, 0.05) is 23.6 Å². The van der Waals surface area contributed by atoms with Crippen molar-refractivity contribution in [2.75, 3.05) is 19.6 Å². The van der Waals surface area contributed by atoms with Gasteiger partial charge in [-0.3, -0.25) is 0 Å². The number of nitrogens with one attached hydrogen (secondary N) is 2. The van der Waals surface area contributed by atoms with Crippen LogP contribution in [0.1, 0.15) is 44.2 Å². The fraction of sp³-hybridized carbons (Fsp3) is 0.579. The summed E-state index contributed by atoms with van der Waals surface area (Å²) < 4.78 is 6.29. The van der Waals surface area contributed by atoms with Crippen LogP contribution in [-0.2, 0) is 0 Å². The van der Waals surface area contributed by atoms with Gasteiger partial charge in [-0.1, -0.05) is 24.3 Å². The third-order valence-electron chi connectivity index (χ3n) is 5.33. The van der Waals surface area contributed by atoms with Gasteiger partial charge in [-0.05, 0) is 57.8 Å². The molecule has 3 nitrogen and oxygen atoms in total. The molecular weight excluding hydrogens is 272 g/mol. The molecule has 2 N–H and O–H groups in total. The summed E-state index contributed by atoms with van der Waals surface area (Å²) in [6, 6.07) is 6.45. The van der Waals surface area contributed by atoms with E-state index in [1.165, 1.54) is 17.5 Å². The van der Waals surface area contributed by atoms with Crippen molar-refractivity contribution >= 4 is 6.08 Å². The van der Waals surface area contributed by atoms with E-state index in [-0.39, 0.29) is 11.1 Å². The van der Waals surface area contributed by atoms with Crippen molar-refractivity contribution in [3.8, 4) is 5.75 Å². The van der Waals surface area contributed by atoms with Gasteiger partial charge in [-0.25, -0.2) is 0 Å². The number of hydrogen-bond donors (Lipinski definition) is 2. The molecule has 22 heavy (non-hydrogen) atoms. The SMILES string of the molecule is CC(C)(C)Oc1cccc2c1C(C13CNCC1CCN3)C=C2. The van der Waals surface area contributed by atoms with Crippen LogP contribution in [0.25, 0.3) is 6.08 Å². The third-order valence-corrected chi connectivity index (χ3v) is 5.33. The van der Waals surface area contributed by atoms with Gasteiger partial charge in [0.15, 0.2) is 0 Å². The number of benzene rings is 1. The zero-order valence-corrected chi connectivity index (χ0v) is 13.8. The van der Waals surface area contributed by atoms with Crippen LogP contribution in [0.2, 0.25) is 0 Å². The van der Waals surface area contributed by atoms with Gasteiger partial charge in [-0.2, -0.15) is 0 Å². The van der Waals surface area contributed by atoms with Crippen molar-refractivity contribution in [1.82, 2.24) is 10.6 Å². The Kier molecular flexibility index (Phi) is 3.14. The monoisotopic (exact) mass is 298 g/mol. The van der Waals surface area contributed by atoms with Gasteiger partial charge in [0.2, 0.25) is 0 Å². The number of hydrogen-bond acceptors (Lipinski definition) is 3. The molecule has 118 valence electrons. The van der Waals surface area contributed by atoms with E-state index in [2.05, 4.69) is 61.8 Å². The van der Waals surface area contributed by atoms with E-state index in [9.17, 15) is 0 Å². The molecule has 0 radical (unpaired) electrons. The van der Waals surface area contributed by atoms with E-state index < -0.39 is 0 Å². The molecule has 0 aromatic heterocycles. The van der Waals surface area contributed by atoms with Gasteiger partial charge < -0.3 is 15.4 Å². The van der Waals surface area contributed by atoms with Gasteiger partial charge in [0.05, 0.1) is 0 Å². The lowest BCUT2D eigenvalue weighted by molar-refractivity contribution is 0.128. The van der Waals surface area contributed by atoms with Crippen molar-refractivity contribution in [1.29, 1.82) is 0 Å². The van der Waals surface area contributed by atoms with Crippen molar-refractivity contribution in [2.45, 2.75) is 44.2 Å². The average molecular weight is 298 g/mol. The minimum absolute atomic E-state index is 0.166. The van der Waals surface area contributed by atoms with Gasteiger partial charge in [-0.15, -0.1) is 0 Å². The largest absolute Gasteiger partial charge is 0.488 e. The predicted octanol–water partition coefficient (Wildman–Crippen LogP) is 2.93. The minimum atomic E-state index is -0.170. The second-order valence-corrected chi connectivity index (χ2v) is 7.89. The van der Waals surface area contributed by atoms with Crippen LogP contribution in [0.3, 0.4) is 0 Å². The second kappa shape index (κ2) is 4.84. The fourth-order valence-corrected chi connectivity index (χ4v) is 4.48. The lowest BCUT2D eigenvalue weighted by atomic mass is 9.75. The van der Waals surface area contributed by atoms with Crippen LogP contribution in [0.5, 0.6) is 5.75 Å². The molecule has 2 aliphatic heterocycles. The van der Waals surface area contributed by atoms with Crippen LogP contribution in [0.15, 0.2) is 24.3 Å². The molecule has 3 heteroatoms. The summed E-state index contributed by atoms with van der Waals surface area (Å²) in [5.74, 6) is 2.17. The van der Waals surface area contributed by atoms with Crippen LogP contribution >= 0.6 is 0 Å². The third kappa shape index (κ3) is 2.10. The number of ether oxygens (including phenoxy) is 1. The van der Waals surface area contributed by atoms with Crippen LogP contribution in [-0.4, -0.2) is 30.8 Å². The summed E-state index contributed by atoms with van der Waals surface area (Å²) in [5.41, 5.74) is 2.69. The standard InChI is InChI=1S/C19H26N2O/c1-18(2,3)22-16-6-4-5-13-7-8-15(17(13)16)19-12-20-11-14(19)9-10-21-19/h4-8,14-15,20-21H,9-12H2,1-3H3. The highest BCUT2D eigenvalue weighted by Crippen LogP contribution is 2.49. The Labute approximate surface area is 133 Å². The zero-order valence-electron chi connectivity index (χ0n) is 13.8. The first-order valence-electron chi connectivity index (χ1n) is 8.45. The summed E-state index contributed by atoms with van der Waals surface area (Å²) in [6.45, 7) is 9.68. The normalized spacial score (nSPS) is 33.0. The van der Waals surface area contributed by atoms with Crippen molar-refractivity contribution < 1.29 is 4.74 Å². The van der Waals surface area contributed by atoms with E-state index in [0.29, 0.717) is 5.92 Å². The van der Waals surface area contributed by atoms with E-state index in [1.807, 2.05) is 0 Å². The maximum atomic E-state index is 6.29. The Hall–Kier alpha value is -1.32. The van der Waals surface area contributed by atoms with Crippen molar-refractivity contribution in [3.63, 3.8) is 0 Å². The van der Waals surface area contributed by atoms with Crippen LogP contribution in [0, 0.1) is 5.92 Å². The molecule has 2 fully saturated rings. The lowest BCUT2D eigenvalue weighted by Crippen LogP contribution is -2.50. The summed E-state index contributed by atoms with van der Waals surface area (Å²) in [5, 5.41) is 7.44. The molecule has 1 aromatic carbocycles. The average Bonchev–Trinajstić information content (AvgIpc) is 3.08. The number of fused-ring (bicyclic) bond motifs is 2. The van der Waals surface area contributed by atoms with E-state index in [4.69, 9.17) is 4.74 Å². The maximum absolute atomic E-state index is 6.29. The Morgan fingerprint density at radius 3 is 2.95 bits per heavy atom. The summed E-state index contributed by atoms with van der Waals surface area (Å²) >= 11 is 0. The van der Waals surface area contributed by atoms with Crippen molar-refractivity contribution in [2.24, 2.45) is 5.92 Å². The highest BCUT2D eigenvalue weighted by Gasteiger charge is 2.52. The highest BCUT2D eigenvalue weighted by atomic mass is 16.5. The second-order valence-electron chi connectivity index (χ2n) is 7.89. The van der Waals surface area contributed by atoms with E-state index in [0.717, 1.165) is 31.3 Å². The molecule has 3 atom stereocenters. The first kappa shape index (κ1) is 14.3. The Bertz CT molecular complexity index is 604. The highest BCUT2D eigenvalue weighted by molar-refractivity contribution is 5.68. The van der Waals surface area contributed by atoms with Gasteiger partial charge >= 0.3 is 0 Å². The molecule has 0 amide bonds. The summed E-state index contributed by atoms with van der Waals surface area (Å²) in [4.78, 5) is 0. The molecule has 0 saturated carbocycles. The maximum Gasteiger partial charge on any atom is 0.124 e. The molecule has 3 aliphatic rings. The summed E-state index contributed by atoms with van der Waals surface area (Å²) in [6.07, 6.45) is 5.94. The fourth-order valence-electron chi connectivity index (χ4n) is 4.48.